The van der Waals surface area contributed by atoms with Gasteiger partial charge in [-0.05, 0) is 30.9 Å². The molecular formula is C20H25N5O2. The normalized spacial score (nSPS) is 17.2. The van der Waals surface area contributed by atoms with Gasteiger partial charge in [-0.25, -0.2) is 9.97 Å². The zero-order valence-corrected chi connectivity index (χ0v) is 15.7. The van der Waals surface area contributed by atoms with E-state index in [0.717, 1.165) is 30.5 Å². The van der Waals surface area contributed by atoms with E-state index in [4.69, 9.17) is 20.4 Å². The topological polar surface area (TPSA) is 95.1 Å². The van der Waals surface area contributed by atoms with Gasteiger partial charge >= 0.3 is 0 Å². The van der Waals surface area contributed by atoms with Crippen LogP contribution in [-0.2, 0) is 11.3 Å². The van der Waals surface area contributed by atoms with Crippen molar-refractivity contribution in [1.29, 1.82) is 0 Å². The minimum absolute atomic E-state index is 0.0751. The number of carbonyl (C=O) groups is 1. The summed E-state index contributed by atoms with van der Waals surface area (Å²) < 4.78 is 7.50. The number of amides is 1. The van der Waals surface area contributed by atoms with Gasteiger partial charge in [0.1, 0.15) is 16.9 Å². The van der Waals surface area contributed by atoms with Crippen molar-refractivity contribution in [2.45, 2.75) is 39.3 Å². The van der Waals surface area contributed by atoms with Crippen LogP contribution in [0.2, 0.25) is 0 Å². The minimum Gasteiger partial charge on any atom is -0.384 e. The molecule has 3 aromatic rings. The lowest BCUT2D eigenvalue weighted by Gasteiger charge is -2.12. The Labute approximate surface area is 157 Å². The number of hydrogen-bond acceptors (Lipinski definition) is 5. The Morgan fingerprint density at radius 1 is 1.33 bits per heavy atom. The Hall–Kier alpha value is -2.67. The Balaban J connectivity index is 1.78. The molecule has 1 saturated heterocycles. The first-order valence-corrected chi connectivity index (χ1v) is 9.49. The lowest BCUT2D eigenvalue weighted by Crippen LogP contribution is -2.32. The summed E-state index contributed by atoms with van der Waals surface area (Å²) in [6, 6.07) is 7.65. The fraction of sp³-hybridized carbons (Fsp3) is 0.450. The number of nitrogens with two attached hydrogens (primary N) is 1. The van der Waals surface area contributed by atoms with Gasteiger partial charge in [0, 0.05) is 19.7 Å². The van der Waals surface area contributed by atoms with Crippen molar-refractivity contribution >= 4 is 33.9 Å². The van der Waals surface area contributed by atoms with E-state index in [-0.39, 0.29) is 12.0 Å². The molecule has 1 unspecified atom stereocenters. The lowest BCUT2D eigenvalue weighted by atomic mass is 10.2. The molecule has 7 nitrogen and oxygen atoms in total. The molecule has 1 amide bonds. The van der Waals surface area contributed by atoms with Crippen LogP contribution < -0.4 is 11.1 Å². The van der Waals surface area contributed by atoms with Crippen molar-refractivity contribution < 1.29 is 9.53 Å². The van der Waals surface area contributed by atoms with Crippen LogP contribution in [0, 0.1) is 5.92 Å². The van der Waals surface area contributed by atoms with Gasteiger partial charge in [-0.1, -0.05) is 26.0 Å². The average molecular weight is 367 g/mol. The van der Waals surface area contributed by atoms with Gasteiger partial charge in [0.2, 0.25) is 0 Å². The molecule has 1 atom stereocenters. The molecule has 3 heterocycles. The summed E-state index contributed by atoms with van der Waals surface area (Å²) in [6.45, 7) is 6.13. The van der Waals surface area contributed by atoms with Crippen molar-refractivity contribution in [3.63, 3.8) is 0 Å². The Bertz CT molecular complexity index is 989. The number of carbonyl (C=O) groups excluding carboxylic acids is 1. The van der Waals surface area contributed by atoms with Crippen LogP contribution in [-0.4, -0.2) is 39.7 Å². The number of aromatic nitrogens is 3. The van der Waals surface area contributed by atoms with Crippen molar-refractivity contribution in [1.82, 2.24) is 19.9 Å². The van der Waals surface area contributed by atoms with Gasteiger partial charge in [-0.2, -0.15) is 0 Å². The van der Waals surface area contributed by atoms with Crippen molar-refractivity contribution in [2.75, 3.05) is 18.9 Å². The summed E-state index contributed by atoms with van der Waals surface area (Å²) in [4.78, 5) is 22.4. The third kappa shape index (κ3) is 3.35. The first-order valence-electron chi connectivity index (χ1n) is 9.49. The number of rotatable bonds is 5. The minimum atomic E-state index is -0.222. The molecule has 4 rings (SSSR count). The molecule has 1 aromatic carbocycles. The highest BCUT2D eigenvalue weighted by atomic mass is 16.5. The monoisotopic (exact) mass is 367 g/mol. The number of fused-ring (bicyclic) bond motifs is 2. The van der Waals surface area contributed by atoms with E-state index >= 15 is 0 Å². The summed E-state index contributed by atoms with van der Waals surface area (Å²) in [5.74, 6) is 0.554. The number of para-hydroxylation sites is 2. The molecule has 0 bridgehead atoms. The van der Waals surface area contributed by atoms with E-state index in [0.29, 0.717) is 41.6 Å². The molecule has 3 N–H and O–H groups in total. The van der Waals surface area contributed by atoms with Crippen LogP contribution in [0.3, 0.4) is 0 Å². The Morgan fingerprint density at radius 3 is 2.74 bits per heavy atom. The van der Waals surface area contributed by atoms with Crippen molar-refractivity contribution in [3.05, 3.63) is 29.8 Å². The summed E-state index contributed by atoms with van der Waals surface area (Å²) >= 11 is 0. The van der Waals surface area contributed by atoms with Gasteiger partial charge in [0.15, 0.2) is 5.65 Å². The number of ether oxygens (including phenoxy) is 1. The molecular weight excluding hydrogens is 342 g/mol. The molecule has 1 fully saturated rings. The zero-order valence-electron chi connectivity index (χ0n) is 15.7. The predicted octanol–water partition coefficient (Wildman–Crippen LogP) is 2.73. The van der Waals surface area contributed by atoms with E-state index in [1.807, 2.05) is 28.8 Å². The van der Waals surface area contributed by atoms with E-state index in [1.165, 1.54) is 0 Å². The lowest BCUT2D eigenvalue weighted by molar-refractivity contribution is 0.0859. The second-order valence-corrected chi connectivity index (χ2v) is 7.49. The number of nitrogens with one attached hydrogen (secondary N) is 1. The van der Waals surface area contributed by atoms with Gasteiger partial charge in [0.05, 0.1) is 17.1 Å². The zero-order chi connectivity index (χ0) is 19.0. The summed E-state index contributed by atoms with van der Waals surface area (Å²) in [6.07, 6.45) is 2.08. The molecule has 0 saturated carbocycles. The average Bonchev–Trinajstić information content (AvgIpc) is 3.25. The molecule has 27 heavy (non-hydrogen) atoms. The van der Waals surface area contributed by atoms with Crippen LogP contribution >= 0.6 is 0 Å². The van der Waals surface area contributed by atoms with Crippen LogP contribution in [0.4, 0.5) is 5.82 Å². The van der Waals surface area contributed by atoms with Gasteiger partial charge < -0.3 is 20.4 Å². The maximum Gasteiger partial charge on any atom is 0.257 e. The second-order valence-electron chi connectivity index (χ2n) is 7.49. The van der Waals surface area contributed by atoms with Gasteiger partial charge in [0.25, 0.3) is 5.91 Å². The molecule has 7 heteroatoms. The number of nitrogen functional groups attached to an aromatic ring is 1. The molecule has 0 spiro atoms. The number of benzene rings is 1. The second kappa shape index (κ2) is 7.15. The SMILES string of the molecule is CC(C)Cn1c(N)c(C(=O)NCC2CCCO2)c2nc3ccccc3nc21. The number of nitrogens with zero attached hydrogens (tertiary/aromatic N) is 3. The fourth-order valence-electron chi connectivity index (χ4n) is 3.59. The maximum absolute atomic E-state index is 12.9. The van der Waals surface area contributed by atoms with E-state index in [9.17, 15) is 4.79 Å². The predicted molar refractivity (Wildman–Crippen MR) is 106 cm³/mol. The largest absolute Gasteiger partial charge is 0.384 e. The fourth-order valence-corrected chi connectivity index (χ4v) is 3.59. The summed E-state index contributed by atoms with van der Waals surface area (Å²) in [5, 5.41) is 2.96. The first kappa shape index (κ1) is 17.7. The highest BCUT2D eigenvalue weighted by Gasteiger charge is 2.25. The quantitative estimate of drug-likeness (QED) is 0.723. The smallest absolute Gasteiger partial charge is 0.257 e. The first-order chi connectivity index (χ1) is 13.0. The molecule has 2 aromatic heterocycles. The summed E-state index contributed by atoms with van der Waals surface area (Å²) in [5.41, 5.74) is 9.55. The van der Waals surface area contributed by atoms with Crippen molar-refractivity contribution in [2.24, 2.45) is 5.92 Å². The third-order valence-electron chi connectivity index (χ3n) is 4.88. The molecule has 142 valence electrons. The standard InChI is InChI=1S/C20H25N5O2/c1-12(2)11-25-18(21)16(20(26)22-10-13-6-5-9-27-13)17-19(25)24-15-8-4-3-7-14(15)23-17/h3-4,7-8,12-13H,5-6,9-11,21H2,1-2H3,(H,22,26). The number of hydrogen-bond donors (Lipinski definition) is 2. The van der Waals surface area contributed by atoms with Crippen LogP contribution in [0.5, 0.6) is 0 Å². The molecule has 0 aliphatic carbocycles. The number of anilines is 1. The summed E-state index contributed by atoms with van der Waals surface area (Å²) in [7, 11) is 0. The van der Waals surface area contributed by atoms with E-state index in [1.54, 1.807) is 0 Å². The molecule has 1 aliphatic rings. The van der Waals surface area contributed by atoms with Crippen molar-refractivity contribution in [3.8, 4) is 0 Å². The van der Waals surface area contributed by atoms with E-state index in [2.05, 4.69) is 19.2 Å². The van der Waals surface area contributed by atoms with E-state index < -0.39 is 0 Å². The van der Waals surface area contributed by atoms with Gasteiger partial charge in [-0.15, -0.1) is 0 Å². The highest BCUT2D eigenvalue weighted by molar-refractivity contribution is 6.10. The van der Waals surface area contributed by atoms with Crippen LogP contribution in [0.25, 0.3) is 22.2 Å². The van der Waals surface area contributed by atoms with Gasteiger partial charge in [-0.3, -0.25) is 4.79 Å². The Kier molecular flexibility index (Phi) is 4.70. The van der Waals surface area contributed by atoms with Crippen LogP contribution in [0.1, 0.15) is 37.0 Å². The maximum atomic E-state index is 12.9. The van der Waals surface area contributed by atoms with Crippen LogP contribution in [0.15, 0.2) is 24.3 Å². The molecule has 0 radical (unpaired) electrons. The Morgan fingerprint density at radius 2 is 2.07 bits per heavy atom. The highest BCUT2D eigenvalue weighted by Crippen LogP contribution is 2.28. The third-order valence-corrected chi connectivity index (χ3v) is 4.88. The molecule has 1 aliphatic heterocycles.